The van der Waals surface area contributed by atoms with Gasteiger partial charge in [0.25, 0.3) is 0 Å². The molecule has 8 nitrogen and oxygen atoms in total. The highest BCUT2D eigenvalue weighted by Crippen LogP contribution is 2.43. The van der Waals surface area contributed by atoms with E-state index in [1.54, 1.807) is 13.8 Å². The Hall–Kier alpha value is -2.51. The first kappa shape index (κ1) is 26.7. The lowest BCUT2D eigenvalue weighted by atomic mass is 9.66. The van der Waals surface area contributed by atoms with E-state index in [1.165, 1.54) is 32.6 Å². The van der Waals surface area contributed by atoms with Gasteiger partial charge in [-0.15, -0.1) is 0 Å². The lowest BCUT2D eigenvalue weighted by Crippen LogP contribution is -2.36. The van der Waals surface area contributed by atoms with Crippen LogP contribution in [0, 0.1) is 23.7 Å². The number of ketones is 3. The molecule has 4 bridgehead atoms. The molecular weight excluding hydrogens is 428 g/mol. The highest BCUT2D eigenvalue weighted by Gasteiger charge is 2.41. The Morgan fingerprint density at radius 1 is 0.788 bits per heavy atom. The largest absolute Gasteiger partial charge is 0.502 e. The van der Waals surface area contributed by atoms with E-state index in [-0.39, 0.29) is 30.8 Å². The summed E-state index contributed by atoms with van der Waals surface area (Å²) in [5.74, 6) is -0.694. The molecule has 0 atom stereocenters. The second-order valence-electron chi connectivity index (χ2n) is 9.06. The van der Waals surface area contributed by atoms with Gasteiger partial charge in [0.1, 0.15) is 5.78 Å². The Bertz CT molecular complexity index is 780. The van der Waals surface area contributed by atoms with Gasteiger partial charge in [-0.25, -0.2) is 9.59 Å². The molecular formula is C25H36O8. The van der Waals surface area contributed by atoms with Gasteiger partial charge < -0.3 is 14.6 Å². The van der Waals surface area contributed by atoms with Crippen LogP contribution in [0.5, 0.6) is 0 Å². The van der Waals surface area contributed by atoms with E-state index in [0.29, 0.717) is 17.3 Å². The minimum atomic E-state index is -0.765. The molecule has 33 heavy (non-hydrogen) atoms. The number of fused-ring (bicyclic) bond motifs is 6. The summed E-state index contributed by atoms with van der Waals surface area (Å²) in [5.41, 5.74) is 0.320. The van der Waals surface area contributed by atoms with Crippen LogP contribution in [0.3, 0.4) is 0 Å². The van der Waals surface area contributed by atoms with E-state index in [4.69, 9.17) is 4.74 Å². The molecule has 6 aliphatic carbocycles. The number of hydrogen-bond donors (Lipinski definition) is 1. The summed E-state index contributed by atoms with van der Waals surface area (Å²) in [4.78, 5) is 54.6. The van der Waals surface area contributed by atoms with Gasteiger partial charge in [0.05, 0.1) is 13.2 Å². The Morgan fingerprint density at radius 3 is 1.61 bits per heavy atom. The third-order valence-corrected chi connectivity index (χ3v) is 6.85. The normalized spacial score (nSPS) is 28.6. The van der Waals surface area contributed by atoms with Crippen LogP contribution in [-0.4, -0.2) is 47.6 Å². The van der Waals surface area contributed by atoms with Crippen LogP contribution in [0.15, 0.2) is 11.3 Å². The Morgan fingerprint density at radius 2 is 1.27 bits per heavy atom. The standard InChI is InChI=1S/C12H16O4.C8H12O.C5H8O3/c1-2-16-12(15)11(14)9-7-3-5-8(6-4-7)10(9)13;9-8-5-6-1-3-7(8)4-2-6;1-3-8-5(7)4(2)6/h7-8,14H,2-6H2,1H3;6-7H,1-5H2;3H2,1-2H3/b11-9-;;. The van der Waals surface area contributed by atoms with Gasteiger partial charge >= 0.3 is 11.9 Å². The first-order valence-electron chi connectivity index (χ1n) is 12.0. The molecule has 184 valence electrons. The van der Waals surface area contributed by atoms with E-state index < -0.39 is 23.5 Å². The zero-order valence-corrected chi connectivity index (χ0v) is 19.9. The van der Waals surface area contributed by atoms with Gasteiger partial charge in [0.15, 0.2) is 5.78 Å². The van der Waals surface area contributed by atoms with E-state index in [1.807, 2.05) is 0 Å². The van der Waals surface area contributed by atoms with E-state index in [2.05, 4.69) is 4.74 Å². The summed E-state index contributed by atoms with van der Waals surface area (Å²) in [6.07, 6.45) is 9.54. The van der Waals surface area contributed by atoms with E-state index >= 15 is 0 Å². The third kappa shape index (κ3) is 7.24. The van der Waals surface area contributed by atoms with Crippen molar-refractivity contribution in [3.63, 3.8) is 0 Å². The summed E-state index contributed by atoms with van der Waals surface area (Å²) in [7, 11) is 0. The monoisotopic (exact) mass is 464 g/mol. The molecule has 6 saturated carbocycles. The SMILES string of the molecule is CCOC(=O)/C(O)=C1/C(=O)C2CCC1CC2.CCOC(=O)C(C)=O.O=C1CC2CCC1CC2. The van der Waals surface area contributed by atoms with Crippen LogP contribution in [0.2, 0.25) is 0 Å². The summed E-state index contributed by atoms with van der Waals surface area (Å²) in [5, 5.41) is 9.75. The van der Waals surface area contributed by atoms with Gasteiger partial charge in [-0.3, -0.25) is 14.4 Å². The Labute approximate surface area is 195 Å². The van der Waals surface area contributed by atoms with Crippen molar-refractivity contribution in [2.24, 2.45) is 23.7 Å². The van der Waals surface area contributed by atoms with Crippen molar-refractivity contribution in [2.45, 2.75) is 78.6 Å². The maximum atomic E-state index is 11.9. The molecule has 0 aromatic rings. The predicted octanol–water partition coefficient (Wildman–Crippen LogP) is 3.65. The minimum Gasteiger partial charge on any atom is -0.502 e. The number of rotatable bonds is 4. The second-order valence-corrected chi connectivity index (χ2v) is 9.06. The van der Waals surface area contributed by atoms with Crippen molar-refractivity contribution in [1.29, 1.82) is 0 Å². The lowest BCUT2D eigenvalue weighted by molar-refractivity contribution is -0.152. The van der Waals surface area contributed by atoms with Crippen molar-refractivity contribution in [1.82, 2.24) is 0 Å². The quantitative estimate of drug-likeness (QED) is 0.289. The first-order chi connectivity index (χ1) is 15.7. The highest BCUT2D eigenvalue weighted by molar-refractivity contribution is 6.32. The van der Waals surface area contributed by atoms with Crippen LogP contribution in [-0.2, 0) is 33.4 Å². The van der Waals surface area contributed by atoms with Crippen molar-refractivity contribution in [3.05, 3.63) is 11.3 Å². The number of aliphatic hydroxyl groups excluding tert-OH is 1. The Balaban J connectivity index is 0.000000192. The molecule has 1 N–H and O–H groups in total. The number of ether oxygens (including phenoxy) is 2. The molecule has 6 aliphatic rings. The van der Waals surface area contributed by atoms with Gasteiger partial charge in [0, 0.05) is 30.8 Å². The van der Waals surface area contributed by atoms with Crippen LogP contribution >= 0.6 is 0 Å². The second kappa shape index (κ2) is 12.7. The van der Waals surface area contributed by atoms with Crippen LogP contribution in [0.4, 0.5) is 0 Å². The lowest BCUT2D eigenvalue weighted by Gasteiger charge is -2.36. The van der Waals surface area contributed by atoms with Crippen molar-refractivity contribution < 1.29 is 38.6 Å². The fourth-order valence-electron chi connectivity index (χ4n) is 5.06. The average Bonchev–Trinajstić information content (AvgIpc) is 2.81. The highest BCUT2D eigenvalue weighted by atomic mass is 16.5. The number of esters is 2. The fourth-order valence-corrected chi connectivity index (χ4v) is 5.06. The van der Waals surface area contributed by atoms with Crippen LogP contribution < -0.4 is 0 Å². The molecule has 0 unspecified atom stereocenters. The Kier molecular flexibility index (Phi) is 10.3. The molecule has 0 saturated heterocycles. The van der Waals surface area contributed by atoms with Crippen LogP contribution in [0.25, 0.3) is 0 Å². The number of hydrogen-bond acceptors (Lipinski definition) is 8. The van der Waals surface area contributed by atoms with Crippen molar-refractivity contribution >= 4 is 29.3 Å². The predicted molar refractivity (Wildman–Crippen MR) is 119 cm³/mol. The molecule has 0 radical (unpaired) electrons. The topological polar surface area (TPSA) is 124 Å². The van der Waals surface area contributed by atoms with E-state index in [9.17, 15) is 29.1 Å². The van der Waals surface area contributed by atoms with Gasteiger partial charge in [-0.05, 0) is 77.0 Å². The number of allylic oxidation sites excluding steroid dienone is 1. The molecule has 8 heteroatoms. The number of carbonyl (C=O) groups is 5. The summed E-state index contributed by atoms with van der Waals surface area (Å²) < 4.78 is 9.03. The van der Waals surface area contributed by atoms with Gasteiger partial charge in [0.2, 0.25) is 11.5 Å². The summed E-state index contributed by atoms with van der Waals surface area (Å²) in [6, 6.07) is 0. The first-order valence-corrected chi connectivity index (χ1v) is 12.0. The van der Waals surface area contributed by atoms with Gasteiger partial charge in [-0.2, -0.15) is 0 Å². The smallest absolute Gasteiger partial charge is 0.374 e. The molecule has 0 spiro atoms. The molecule has 0 aliphatic heterocycles. The number of aliphatic hydroxyl groups is 1. The van der Waals surface area contributed by atoms with Crippen LogP contribution in [0.1, 0.15) is 78.6 Å². The number of carbonyl (C=O) groups excluding carboxylic acids is 5. The van der Waals surface area contributed by atoms with Crippen molar-refractivity contribution in [2.75, 3.05) is 13.2 Å². The van der Waals surface area contributed by atoms with Crippen molar-refractivity contribution in [3.8, 4) is 0 Å². The molecule has 0 aromatic heterocycles. The maximum Gasteiger partial charge on any atom is 0.374 e. The molecule has 0 heterocycles. The minimum absolute atomic E-state index is 0.0107. The fraction of sp³-hybridized carbons (Fsp3) is 0.720. The average molecular weight is 465 g/mol. The maximum absolute atomic E-state index is 11.9. The molecule has 6 fully saturated rings. The molecule has 0 aromatic carbocycles. The molecule has 0 amide bonds. The number of Topliss-reactive ketones (excluding diaryl/α,β-unsaturated/α-hetero) is 3. The summed E-state index contributed by atoms with van der Waals surface area (Å²) in [6.45, 7) is 4.97. The zero-order chi connectivity index (χ0) is 24.5. The summed E-state index contributed by atoms with van der Waals surface area (Å²) >= 11 is 0. The zero-order valence-electron chi connectivity index (χ0n) is 19.9. The van der Waals surface area contributed by atoms with Gasteiger partial charge in [-0.1, -0.05) is 0 Å². The molecule has 6 rings (SSSR count). The van der Waals surface area contributed by atoms with E-state index in [0.717, 1.165) is 38.0 Å². The third-order valence-electron chi connectivity index (χ3n) is 6.85.